The SMILES string of the molecule is COc1cc(-c2nnnn2C)ccc1Nc1ncc2cc(C)nc(N3CC(C)(C)C3)c2n1. The molecule has 0 radical (unpaired) electrons. The van der Waals surface area contributed by atoms with Gasteiger partial charge in [-0.15, -0.1) is 5.10 Å². The molecule has 3 aromatic heterocycles. The largest absolute Gasteiger partial charge is 0.495 e. The Kier molecular flexibility index (Phi) is 4.65. The quantitative estimate of drug-likeness (QED) is 0.510. The van der Waals surface area contributed by atoms with Gasteiger partial charge in [0.1, 0.15) is 11.3 Å². The first kappa shape index (κ1) is 20.1. The van der Waals surface area contributed by atoms with E-state index in [2.05, 4.69) is 44.6 Å². The van der Waals surface area contributed by atoms with Gasteiger partial charge in [0.25, 0.3) is 0 Å². The molecule has 1 saturated heterocycles. The van der Waals surface area contributed by atoms with Gasteiger partial charge in [-0.3, -0.25) is 0 Å². The molecule has 4 aromatic rings. The zero-order valence-corrected chi connectivity index (χ0v) is 18.8. The van der Waals surface area contributed by atoms with Gasteiger partial charge in [0, 0.05) is 43.0 Å². The molecule has 0 amide bonds. The lowest BCUT2D eigenvalue weighted by atomic mass is 9.84. The number of methoxy groups -OCH3 is 1. The molecule has 1 aromatic carbocycles. The minimum Gasteiger partial charge on any atom is -0.495 e. The second-order valence-corrected chi connectivity index (χ2v) is 8.91. The maximum absolute atomic E-state index is 5.59. The summed E-state index contributed by atoms with van der Waals surface area (Å²) in [5.74, 6) is 2.68. The van der Waals surface area contributed by atoms with E-state index in [0.29, 0.717) is 22.9 Å². The molecular formula is C22H25N9O. The van der Waals surface area contributed by atoms with Crippen LogP contribution in [-0.2, 0) is 7.05 Å². The maximum Gasteiger partial charge on any atom is 0.227 e. The van der Waals surface area contributed by atoms with E-state index in [-0.39, 0.29) is 0 Å². The van der Waals surface area contributed by atoms with E-state index in [4.69, 9.17) is 14.7 Å². The molecule has 1 N–H and O–H groups in total. The van der Waals surface area contributed by atoms with Crippen LogP contribution in [0.5, 0.6) is 5.75 Å². The summed E-state index contributed by atoms with van der Waals surface area (Å²) in [4.78, 5) is 16.4. The van der Waals surface area contributed by atoms with Crippen LogP contribution in [0.3, 0.4) is 0 Å². The van der Waals surface area contributed by atoms with Crippen LogP contribution < -0.4 is 15.0 Å². The van der Waals surface area contributed by atoms with Crippen LogP contribution in [-0.4, -0.2) is 55.4 Å². The Morgan fingerprint density at radius 2 is 1.94 bits per heavy atom. The first-order chi connectivity index (χ1) is 15.3. The fourth-order valence-electron chi connectivity index (χ4n) is 4.10. The van der Waals surface area contributed by atoms with E-state index >= 15 is 0 Å². The Morgan fingerprint density at radius 3 is 2.62 bits per heavy atom. The number of tetrazole rings is 1. The average molecular weight is 432 g/mol. The first-order valence-corrected chi connectivity index (χ1v) is 10.4. The van der Waals surface area contributed by atoms with Crippen molar-refractivity contribution in [3.63, 3.8) is 0 Å². The number of benzene rings is 1. The number of aryl methyl sites for hydroxylation is 2. The van der Waals surface area contributed by atoms with Gasteiger partial charge in [-0.25, -0.2) is 19.6 Å². The Balaban J connectivity index is 1.49. The number of nitrogens with zero attached hydrogens (tertiary/aromatic N) is 8. The van der Waals surface area contributed by atoms with Gasteiger partial charge >= 0.3 is 0 Å². The number of pyridine rings is 1. The van der Waals surface area contributed by atoms with Gasteiger partial charge in [-0.1, -0.05) is 13.8 Å². The highest BCUT2D eigenvalue weighted by atomic mass is 16.5. The highest BCUT2D eigenvalue weighted by Crippen LogP contribution is 2.36. The molecule has 32 heavy (non-hydrogen) atoms. The van der Waals surface area contributed by atoms with Crippen LogP contribution in [0.15, 0.2) is 30.5 Å². The van der Waals surface area contributed by atoms with Gasteiger partial charge in [0.15, 0.2) is 11.6 Å². The number of hydrogen-bond acceptors (Lipinski definition) is 9. The minimum atomic E-state index is 0.291. The van der Waals surface area contributed by atoms with E-state index in [1.807, 2.05) is 37.4 Å². The second kappa shape index (κ2) is 7.40. The number of rotatable bonds is 5. The lowest BCUT2D eigenvalue weighted by Gasteiger charge is -2.46. The van der Waals surface area contributed by atoms with E-state index in [0.717, 1.165) is 46.8 Å². The molecule has 10 heteroatoms. The fraction of sp³-hybridized carbons (Fsp3) is 0.364. The number of fused-ring (bicyclic) bond motifs is 1. The molecule has 1 fully saturated rings. The topological polar surface area (TPSA) is 107 Å². The fourth-order valence-corrected chi connectivity index (χ4v) is 4.10. The van der Waals surface area contributed by atoms with E-state index in [1.165, 1.54) is 0 Å². The van der Waals surface area contributed by atoms with Gasteiger partial charge in [-0.05, 0) is 47.0 Å². The molecule has 0 spiro atoms. The first-order valence-electron chi connectivity index (χ1n) is 10.4. The van der Waals surface area contributed by atoms with Crippen molar-refractivity contribution >= 4 is 28.4 Å². The van der Waals surface area contributed by atoms with Crippen molar-refractivity contribution in [3.8, 4) is 17.1 Å². The third-order valence-electron chi connectivity index (χ3n) is 5.54. The summed E-state index contributed by atoms with van der Waals surface area (Å²) in [5.41, 5.74) is 3.68. The zero-order chi connectivity index (χ0) is 22.5. The molecule has 4 heterocycles. The van der Waals surface area contributed by atoms with Crippen molar-refractivity contribution in [2.45, 2.75) is 20.8 Å². The predicted octanol–water partition coefficient (Wildman–Crippen LogP) is 3.12. The summed E-state index contributed by atoms with van der Waals surface area (Å²) >= 11 is 0. The number of anilines is 3. The molecule has 0 unspecified atom stereocenters. The van der Waals surface area contributed by atoms with Crippen molar-refractivity contribution in [1.82, 2.24) is 35.2 Å². The van der Waals surface area contributed by atoms with Crippen molar-refractivity contribution in [2.24, 2.45) is 12.5 Å². The van der Waals surface area contributed by atoms with E-state index in [9.17, 15) is 0 Å². The molecule has 0 atom stereocenters. The van der Waals surface area contributed by atoms with Crippen LogP contribution in [0.1, 0.15) is 19.5 Å². The smallest absolute Gasteiger partial charge is 0.227 e. The summed E-state index contributed by atoms with van der Waals surface area (Å²) in [5, 5.41) is 15.9. The average Bonchev–Trinajstić information content (AvgIpc) is 3.17. The highest BCUT2D eigenvalue weighted by Gasteiger charge is 2.36. The van der Waals surface area contributed by atoms with E-state index < -0.39 is 0 Å². The van der Waals surface area contributed by atoms with Crippen molar-refractivity contribution < 1.29 is 4.74 Å². The molecule has 1 aliphatic rings. The monoisotopic (exact) mass is 431 g/mol. The van der Waals surface area contributed by atoms with Gasteiger partial charge in [0.2, 0.25) is 5.95 Å². The predicted molar refractivity (Wildman–Crippen MR) is 122 cm³/mol. The van der Waals surface area contributed by atoms with Crippen LogP contribution in [0.25, 0.3) is 22.3 Å². The highest BCUT2D eigenvalue weighted by molar-refractivity contribution is 5.90. The second-order valence-electron chi connectivity index (χ2n) is 8.91. The van der Waals surface area contributed by atoms with Crippen molar-refractivity contribution in [1.29, 1.82) is 0 Å². The maximum atomic E-state index is 5.59. The summed E-state index contributed by atoms with van der Waals surface area (Å²) < 4.78 is 7.21. The zero-order valence-electron chi connectivity index (χ0n) is 18.8. The Morgan fingerprint density at radius 1 is 1.12 bits per heavy atom. The molecule has 0 aliphatic carbocycles. The molecule has 5 rings (SSSR count). The standard InChI is InChI=1S/C22H25N9O/c1-13-8-15-10-23-21(26-18(15)20(24-13)31-11-22(2,3)12-31)25-16-7-6-14(9-17(16)32-5)19-27-28-29-30(19)4/h6-10H,11-12H2,1-5H3,(H,23,25,26). The third kappa shape index (κ3) is 3.57. The summed E-state index contributed by atoms with van der Waals surface area (Å²) in [6, 6.07) is 7.73. The van der Waals surface area contributed by atoms with Gasteiger partial charge < -0.3 is 15.0 Å². The third-order valence-corrected chi connectivity index (χ3v) is 5.54. The molecule has 10 nitrogen and oxygen atoms in total. The summed E-state index contributed by atoms with van der Waals surface area (Å²) in [7, 11) is 3.42. The molecule has 0 bridgehead atoms. The minimum absolute atomic E-state index is 0.291. The van der Waals surface area contributed by atoms with Crippen molar-refractivity contribution in [2.75, 3.05) is 30.4 Å². The van der Waals surface area contributed by atoms with Gasteiger partial charge in [-0.2, -0.15) is 0 Å². The van der Waals surface area contributed by atoms with Crippen LogP contribution >= 0.6 is 0 Å². The number of nitrogens with one attached hydrogen (secondary N) is 1. The van der Waals surface area contributed by atoms with Crippen LogP contribution in [0.4, 0.5) is 17.5 Å². The van der Waals surface area contributed by atoms with Crippen molar-refractivity contribution in [3.05, 3.63) is 36.2 Å². The summed E-state index contributed by atoms with van der Waals surface area (Å²) in [6.45, 7) is 8.43. The number of aromatic nitrogens is 7. The van der Waals surface area contributed by atoms with E-state index in [1.54, 1.807) is 18.8 Å². The normalized spacial score (nSPS) is 15.0. The Labute approximate surface area is 185 Å². The lowest BCUT2D eigenvalue weighted by Crippen LogP contribution is -2.53. The Hall–Kier alpha value is -3.82. The lowest BCUT2D eigenvalue weighted by molar-refractivity contribution is 0.275. The molecule has 1 aliphatic heterocycles. The molecule has 0 saturated carbocycles. The van der Waals surface area contributed by atoms with Crippen LogP contribution in [0.2, 0.25) is 0 Å². The number of hydrogen-bond donors (Lipinski definition) is 1. The van der Waals surface area contributed by atoms with Gasteiger partial charge in [0.05, 0.1) is 12.8 Å². The molecular weight excluding hydrogens is 406 g/mol. The Bertz CT molecular complexity index is 1310. The summed E-state index contributed by atoms with van der Waals surface area (Å²) in [6.07, 6.45) is 1.83. The van der Waals surface area contributed by atoms with Crippen LogP contribution in [0, 0.1) is 12.3 Å². The number of ether oxygens (including phenoxy) is 1. The molecule has 164 valence electrons.